The monoisotopic (exact) mass is 378 g/mol. The fourth-order valence-corrected chi connectivity index (χ4v) is 3.17. The minimum atomic E-state index is -0.370. The Morgan fingerprint density at radius 3 is 2.46 bits per heavy atom. The maximum atomic E-state index is 12.8. The number of hydrogen-bond acceptors (Lipinski definition) is 5. The van der Waals surface area contributed by atoms with Crippen LogP contribution in [0, 0.1) is 0 Å². The number of aromatic nitrogens is 1. The maximum absolute atomic E-state index is 12.8. The molecule has 0 spiro atoms. The topological polar surface area (TPSA) is 59.2 Å². The molecule has 0 N–H and O–H groups in total. The van der Waals surface area contributed by atoms with Crippen molar-refractivity contribution in [2.45, 2.75) is 19.9 Å². The van der Waals surface area contributed by atoms with E-state index in [0.717, 1.165) is 29.6 Å². The van der Waals surface area contributed by atoms with E-state index in [1.807, 2.05) is 80.2 Å². The number of benzene rings is 2. The highest BCUT2D eigenvalue weighted by Gasteiger charge is 2.24. The molecular formula is C22H26N4O2. The Hall–Kier alpha value is -2.99. The van der Waals surface area contributed by atoms with E-state index in [4.69, 9.17) is 4.74 Å². The van der Waals surface area contributed by atoms with Crippen LogP contribution >= 0.6 is 0 Å². The van der Waals surface area contributed by atoms with E-state index in [1.54, 1.807) is 0 Å². The Morgan fingerprint density at radius 1 is 1.04 bits per heavy atom. The standard InChI is InChI=1S/C22H26N4O2/c1-4-28-22(27)21-20(24-23-17-11-6-5-7-12-17)18-13-8-9-14-19(18)26(21)16-10-15-25(2)3/h5-9,11-14H,4,10,15-16H2,1-3H3. The first-order valence-corrected chi connectivity index (χ1v) is 9.51. The molecule has 0 fully saturated rings. The van der Waals surface area contributed by atoms with Gasteiger partial charge in [-0.1, -0.05) is 36.4 Å². The van der Waals surface area contributed by atoms with Crippen LogP contribution in [0.5, 0.6) is 0 Å². The summed E-state index contributed by atoms with van der Waals surface area (Å²) in [7, 11) is 4.08. The molecule has 0 saturated carbocycles. The first-order valence-electron chi connectivity index (χ1n) is 9.51. The minimum Gasteiger partial charge on any atom is -0.461 e. The predicted octanol–water partition coefficient (Wildman–Crippen LogP) is 5.19. The summed E-state index contributed by atoms with van der Waals surface area (Å²) in [4.78, 5) is 14.9. The molecule has 0 amide bonds. The second kappa shape index (κ2) is 9.28. The van der Waals surface area contributed by atoms with Crippen molar-refractivity contribution in [2.24, 2.45) is 10.2 Å². The Balaban J connectivity index is 2.10. The largest absolute Gasteiger partial charge is 0.461 e. The molecule has 0 radical (unpaired) electrons. The number of esters is 1. The normalized spacial score (nSPS) is 11.6. The van der Waals surface area contributed by atoms with E-state index in [0.29, 0.717) is 24.5 Å². The number of rotatable bonds is 8. The van der Waals surface area contributed by atoms with Crippen LogP contribution in [0.25, 0.3) is 10.9 Å². The number of para-hydroxylation sites is 1. The van der Waals surface area contributed by atoms with Crippen LogP contribution in [0.2, 0.25) is 0 Å². The van der Waals surface area contributed by atoms with E-state index in [9.17, 15) is 4.79 Å². The molecule has 0 atom stereocenters. The third-order valence-electron chi connectivity index (χ3n) is 4.42. The van der Waals surface area contributed by atoms with Crippen LogP contribution < -0.4 is 0 Å². The van der Waals surface area contributed by atoms with Gasteiger partial charge in [0, 0.05) is 11.9 Å². The van der Waals surface area contributed by atoms with Crippen molar-refractivity contribution in [3.8, 4) is 0 Å². The van der Waals surface area contributed by atoms with Crippen molar-refractivity contribution < 1.29 is 9.53 Å². The molecule has 2 aromatic carbocycles. The average Bonchev–Trinajstić information content (AvgIpc) is 3.01. The van der Waals surface area contributed by atoms with Gasteiger partial charge in [0.25, 0.3) is 0 Å². The van der Waals surface area contributed by atoms with Crippen LogP contribution in [-0.4, -0.2) is 42.7 Å². The van der Waals surface area contributed by atoms with Crippen LogP contribution in [0.15, 0.2) is 64.8 Å². The molecule has 0 aliphatic heterocycles. The average molecular weight is 378 g/mol. The smallest absolute Gasteiger partial charge is 0.357 e. The van der Waals surface area contributed by atoms with Crippen molar-refractivity contribution >= 4 is 28.2 Å². The summed E-state index contributed by atoms with van der Waals surface area (Å²) in [5, 5.41) is 9.71. The lowest BCUT2D eigenvalue weighted by atomic mass is 10.2. The van der Waals surface area contributed by atoms with Gasteiger partial charge in [-0.15, -0.1) is 5.11 Å². The molecule has 3 rings (SSSR count). The van der Waals surface area contributed by atoms with Crippen molar-refractivity contribution in [3.05, 3.63) is 60.3 Å². The zero-order valence-corrected chi connectivity index (χ0v) is 16.6. The second-order valence-corrected chi connectivity index (χ2v) is 6.78. The Bertz CT molecular complexity index is 961. The zero-order valence-electron chi connectivity index (χ0n) is 16.6. The number of aryl methyl sites for hydroxylation is 1. The van der Waals surface area contributed by atoms with Crippen LogP contribution in [0.1, 0.15) is 23.8 Å². The van der Waals surface area contributed by atoms with Gasteiger partial charge in [0.1, 0.15) is 5.69 Å². The maximum Gasteiger partial charge on any atom is 0.357 e. The number of carbonyl (C=O) groups is 1. The number of hydrogen-bond donors (Lipinski definition) is 0. The van der Waals surface area contributed by atoms with Crippen molar-refractivity contribution in [1.82, 2.24) is 9.47 Å². The van der Waals surface area contributed by atoms with Crippen LogP contribution in [0.4, 0.5) is 11.4 Å². The minimum absolute atomic E-state index is 0.313. The van der Waals surface area contributed by atoms with Gasteiger partial charge in [-0.25, -0.2) is 4.79 Å². The van der Waals surface area contributed by atoms with Crippen LogP contribution in [0.3, 0.4) is 0 Å². The van der Waals surface area contributed by atoms with Crippen molar-refractivity contribution in [2.75, 3.05) is 27.2 Å². The fraction of sp³-hybridized carbons (Fsp3) is 0.318. The van der Waals surface area contributed by atoms with E-state index in [2.05, 4.69) is 15.1 Å². The molecule has 146 valence electrons. The van der Waals surface area contributed by atoms with Gasteiger partial charge in [-0.3, -0.25) is 0 Å². The SMILES string of the molecule is CCOC(=O)c1c(N=Nc2ccccc2)c2ccccc2n1CCCN(C)C. The molecule has 1 aromatic heterocycles. The quantitative estimate of drug-likeness (QED) is 0.400. The molecule has 0 bridgehead atoms. The molecule has 6 nitrogen and oxygen atoms in total. The highest BCUT2D eigenvalue weighted by atomic mass is 16.5. The summed E-state index contributed by atoms with van der Waals surface area (Å²) < 4.78 is 7.36. The van der Waals surface area contributed by atoms with Gasteiger partial charge >= 0.3 is 5.97 Å². The molecule has 0 aliphatic carbocycles. The number of carbonyl (C=O) groups excluding carboxylic acids is 1. The molecule has 0 unspecified atom stereocenters. The molecule has 1 heterocycles. The van der Waals surface area contributed by atoms with Gasteiger partial charge in [0.05, 0.1) is 17.8 Å². The Kier molecular flexibility index (Phi) is 6.55. The summed E-state index contributed by atoms with van der Waals surface area (Å²) >= 11 is 0. The summed E-state index contributed by atoms with van der Waals surface area (Å²) in [5.41, 5.74) is 2.72. The zero-order chi connectivity index (χ0) is 19.9. The predicted molar refractivity (Wildman–Crippen MR) is 112 cm³/mol. The molecule has 0 aliphatic rings. The van der Waals surface area contributed by atoms with Gasteiger partial charge in [0.15, 0.2) is 5.69 Å². The number of azo groups is 1. The molecule has 6 heteroatoms. The third kappa shape index (κ3) is 4.46. The van der Waals surface area contributed by atoms with Crippen LogP contribution in [-0.2, 0) is 11.3 Å². The van der Waals surface area contributed by atoms with Gasteiger partial charge in [-0.2, -0.15) is 5.11 Å². The highest BCUT2D eigenvalue weighted by molar-refractivity contribution is 6.05. The third-order valence-corrected chi connectivity index (χ3v) is 4.42. The first kappa shape index (κ1) is 19.8. The number of fused-ring (bicyclic) bond motifs is 1. The molecular weight excluding hydrogens is 352 g/mol. The number of nitrogens with zero attached hydrogens (tertiary/aromatic N) is 4. The van der Waals surface area contributed by atoms with E-state index >= 15 is 0 Å². The second-order valence-electron chi connectivity index (χ2n) is 6.78. The fourth-order valence-electron chi connectivity index (χ4n) is 3.17. The molecule has 28 heavy (non-hydrogen) atoms. The van der Waals surface area contributed by atoms with Crippen molar-refractivity contribution in [1.29, 1.82) is 0 Å². The summed E-state index contributed by atoms with van der Waals surface area (Å²) in [6, 6.07) is 17.4. The lowest BCUT2D eigenvalue weighted by Crippen LogP contribution is -2.17. The lowest BCUT2D eigenvalue weighted by molar-refractivity contribution is 0.0515. The number of ether oxygens (including phenoxy) is 1. The van der Waals surface area contributed by atoms with Gasteiger partial charge in [-0.05, 0) is 52.2 Å². The summed E-state index contributed by atoms with van der Waals surface area (Å²) in [6.45, 7) is 3.75. The van der Waals surface area contributed by atoms with Crippen molar-refractivity contribution in [3.63, 3.8) is 0 Å². The molecule has 3 aromatic rings. The first-order chi connectivity index (χ1) is 13.6. The lowest BCUT2D eigenvalue weighted by Gasteiger charge is -2.13. The molecule has 0 saturated heterocycles. The summed E-state index contributed by atoms with van der Waals surface area (Å²) in [6.07, 6.45) is 0.910. The van der Waals surface area contributed by atoms with E-state index in [1.165, 1.54) is 0 Å². The highest BCUT2D eigenvalue weighted by Crippen LogP contribution is 2.35. The summed E-state index contributed by atoms with van der Waals surface area (Å²) in [5.74, 6) is -0.370. The Labute approximate surface area is 165 Å². The van der Waals surface area contributed by atoms with E-state index < -0.39 is 0 Å². The van der Waals surface area contributed by atoms with Gasteiger partial charge in [0.2, 0.25) is 0 Å². The van der Waals surface area contributed by atoms with E-state index in [-0.39, 0.29) is 5.97 Å². The van der Waals surface area contributed by atoms with Gasteiger partial charge < -0.3 is 14.2 Å². The Morgan fingerprint density at radius 2 is 1.75 bits per heavy atom.